The first kappa shape index (κ1) is 12.9. The van der Waals surface area contributed by atoms with Gasteiger partial charge >= 0.3 is 0 Å². The Morgan fingerprint density at radius 1 is 0.688 bits per heavy atom. The fraction of sp³-hybridized carbons (Fsp3) is 0.571. The van der Waals surface area contributed by atoms with Gasteiger partial charge in [0.1, 0.15) is 11.2 Å². The fourth-order valence-electron chi connectivity index (χ4n) is 1.28. The second kappa shape index (κ2) is 4.36. The Morgan fingerprint density at radius 2 is 1.00 bits per heavy atom. The molecular formula is C14H22O2. The molecule has 1 aromatic rings. The monoisotopic (exact) mass is 222 g/mol. The molecule has 0 aliphatic heterocycles. The van der Waals surface area contributed by atoms with Crippen LogP contribution in [0, 0.1) is 0 Å². The van der Waals surface area contributed by atoms with E-state index < -0.39 is 0 Å². The van der Waals surface area contributed by atoms with Gasteiger partial charge in [0, 0.05) is 0 Å². The summed E-state index contributed by atoms with van der Waals surface area (Å²) in [5.41, 5.74) is -0.422. The van der Waals surface area contributed by atoms with Crippen LogP contribution in [0.2, 0.25) is 0 Å². The molecule has 1 rings (SSSR count). The van der Waals surface area contributed by atoms with Gasteiger partial charge in [0.25, 0.3) is 0 Å². The van der Waals surface area contributed by atoms with Crippen LogP contribution in [-0.2, 0) is 0 Å². The van der Waals surface area contributed by atoms with Crippen molar-refractivity contribution in [3.63, 3.8) is 0 Å². The zero-order valence-electron chi connectivity index (χ0n) is 11.1. The third-order valence-corrected chi connectivity index (χ3v) is 1.68. The van der Waals surface area contributed by atoms with Crippen LogP contribution in [0.4, 0.5) is 0 Å². The Kier molecular flexibility index (Phi) is 3.51. The molecule has 0 saturated carbocycles. The quantitative estimate of drug-likeness (QED) is 0.751. The first-order chi connectivity index (χ1) is 7.17. The van der Waals surface area contributed by atoms with Crippen molar-refractivity contribution in [1.29, 1.82) is 0 Å². The molecule has 0 radical (unpaired) electrons. The number of hydrogen-bond acceptors (Lipinski definition) is 2. The first-order valence-electron chi connectivity index (χ1n) is 5.64. The van der Waals surface area contributed by atoms with E-state index in [9.17, 15) is 0 Å². The van der Waals surface area contributed by atoms with Crippen LogP contribution in [-0.4, -0.2) is 11.2 Å². The Labute approximate surface area is 98.6 Å². The van der Waals surface area contributed by atoms with Gasteiger partial charge < -0.3 is 9.47 Å². The Bertz CT molecular complexity index is 307. The minimum atomic E-state index is -0.211. The smallest absolute Gasteiger partial charge is 0.161 e. The van der Waals surface area contributed by atoms with Crippen molar-refractivity contribution in [3.8, 4) is 11.5 Å². The summed E-state index contributed by atoms with van der Waals surface area (Å²) in [6, 6.07) is 7.78. The van der Waals surface area contributed by atoms with Crippen LogP contribution < -0.4 is 9.47 Å². The largest absolute Gasteiger partial charge is 0.484 e. The Hall–Kier alpha value is -1.18. The molecule has 90 valence electrons. The van der Waals surface area contributed by atoms with Crippen LogP contribution in [0.1, 0.15) is 41.5 Å². The lowest BCUT2D eigenvalue weighted by Gasteiger charge is -2.27. The SMILES string of the molecule is CC(C)(C)Oc1ccccc1OC(C)(C)C. The van der Waals surface area contributed by atoms with Gasteiger partial charge in [-0.2, -0.15) is 0 Å². The summed E-state index contributed by atoms with van der Waals surface area (Å²) >= 11 is 0. The van der Waals surface area contributed by atoms with Crippen molar-refractivity contribution < 1.29 is 9.47 Å². The molecule has 0 aliphatic rings. The summed E-state index contributed by atoms with van der Waals surface area (Å²) in [7, 11) is 0. The van der Waals surface area contributed by atoms with Gasteiger partial charge in [-0.25, -0.2) is 0 Å². The first-order valence-corrected chi connectivity index (χ1v) is 5.64. The summed E-state index contributed by atoms with van der Waals surface area (Å²) in [6.07, 6.45) is 0. The predicted molar refractivity (Wildman–Crippen MR) is 67.2 cm³/mol. The van der Waals surface area contributed by atoms with E-state index in [1.807, 2.05) is 65.8 Å². The number of hydrogen-bond donors (Lipinski definition) is 0. The Balaban J connectivity index is 2.92. The summed E-state index contributed by atoms with van der Waals surface area (Å²) < 4.78 is 11.7. The van der Waals surface area contributed by atoms with Crippen molar-refractivity contribution in [2.45, 2.75) is 52.7 Å². The van der Waals surface area contributed by atoms with Gasteiger partial charge in [-0.1, -0.05) is 12.1 Å². The molecule has 0 N–H and O–H groups in total. The molecule has 16 heavy (non-hydrogen) atoms. The number of ether oxygens (including phenoxy) is 2. The van der Waals surface area contributed by atoms with E-state index in [1.165, 1.54) is 0 Å². The van der Waals surface area contributed by atoms with E-state index in [1.54, 1.807) is 0 Å². The zero-order chi connectivity index (χ0) is 12.4. The second-order valence-corrected chi connectivity index (χ2v) is 5.88. The van der Waals surface area contributed by atoms with E-state index in [0.717, 1.165) is 11.5 Å². The highest BCUT2D eigenvalue weighted by atomic mass is 16.5. The summed E-state index contributed by atoms with van der Waals surface area (Å²) in [6.45, 7) is 12.2. The maximum atomic E-state index is 5.85. The molecule has 0 bridgehead atoms. The van der Waals surface area contributed by atoms with Crippen LogP contribution in [0.25, 0.3) is 0 Å². The molecule has 2 nitrogen and oxygen atoms in total. The highest BCUT2D eigenvalue weighted by Gasteiger charge is 2.18. The molecule has 0 aromatic heterocycles. The minimum Gasteiger partial charge on any atom is -0.484 e. The fourth-order valence-corrected chi connectivity index (χ4v) is 1.28. The van der Waals surface area contributed by atoms with Crippen LogP contribution in [0.5, 0.6) is 11.5 Å². The lowest BCUT2D eigenvalue weighted by atomic mass is 10.1. The van der Waals surface area contributed by atoms with Gasteiger partial charge in [-0.3, -0.25) is 0 Å². The average molecular weight is 222 g/mol. The van der Waals surface area contributed by atoms with E-state index in [4.69, 9.17) is 9.47 Å². The van der Waals surface area contributed by atoms with Crippen LogP contribution in [0.3, 0.4) is 0 Å². The zero-order valence-corrected chi connectivity index (χ0v) is 11.1. The van der Waals surface area contributed by atoms with Crippen molar-refractivity contribution in [2.24, 2.45) is 0 Å². The summed E-state index contributed by atoms with van der Waals surface area (Å²) in [5.74, 6) is 1.59. The molecule has 0 fully saturated rings. The minimum absolute atomic E-state index is 0.211. The highest BCUT2D eigenvalue weighted by Crippen LogP contribution is 2.32. The maximum Gasteiger partial charge on any atom is 0.161 e. The topological polar surface area (TPSA) is 18.5 Å². The average Bonchev–Trinajstić information content (AvgIpc) is 2.03. The molecule has 1 aromatic carbocycles. The van der Waals surface area contributed by atoms with E-state index in [0.29, 0.717) is 0 Å². The molecule has 2 heteroatoms. The molecule has 0 atom stereocenters. The molecule has 0 spiro atoms. The lowest BCUT2D eigenvalue weighted by Crippen LogP contribution is -2.26. The Morgan fingerprint density at radius 3 is 1.25 bits per heavy atom. The van der Waals surface area contributed by atoms with Crippen molar-refractivity contribution in [3.05, 3.63) is 24.3 Å². The van der Waals surface area contributed by atoms with Crippen LogP contribution in [0.15, 0.2) is 24.3 Å². The van der Waals surface area contributed by atoms with Gasteiger partial charge in [0.15, 0.2) is 11.5 Å². The predicted octanol–water partition coefficient (Wildman–Crippen LogP) is 4.04. The van der Waals surface area contributed by atoms with Gasteiger partial charge in [-0.05, 0) is 53.7 Å². The van der Waals surface area contributed by atoms with E-state index in [-0.39, 0.29) is 11.2 Å². The standard InChI is InChI=1S/C14H22O2/c1-13(2,3)15-11-9-7-8-10-12(11)16-14(4,5)6/h7-10H,1-6H3. The summed E-state index contributed by atoms with van der Waals surface area (Å²) in [4.78, 5) is 0. The number of benzene rings is 1. The summed E-state index contributed by atoms with van der Waals surface area (Å²) in [5, 5.41) is 0. The molecule has 0 heterocycles. The highest BCUT2D eigenvalue weighted by molar-refractivity contribution is 5.40. The van der Waals surface area contributed by atoms with Gasteiger partial charge in [0.05, 0.1) is 0 Å². The number of rotatable bonds is 2. The molecule has 0 saturated heterocycles. The third-order valence-electron chi connectivity index (χ3n) is 1.68. The van der Waals surface area contributed by atoms with Crippen molar-refractivity contribution >= 4 is 0 Å². The van der Waals surface area contributed by atoms with Crippen molar-refractivity contribution in [2.75, 3.05) is 0 Å². The van der Waals surface area contributed by atoms with Gasteiger partial charge in [0.2, 0.25) is 0 Å². The van der Waals surface area contributed by atoms with Gasteiger partial charge in [-0.15, -0.1) is 0 Å². The van der Waals surface area contributed by atoms with Crippen molar-refractivity contribution in [1.82, 2.24) is 0 Å². The molecule has 0 amide bonds. The van der Waals surface area contributed by atoms with Crippen LogP contribution >= 0.6 is 0 Å². The normalized spacial score (nSPS) is 12.4. The maximum absolute atomic E-state index is 5.85. The molecular weight excluding hydrogens is 200 g/mol. The number of para-hydroxylation sites is 2. The van der Waals surface area contributed by atoms with E-state index in [2.05, 4.69) is 0 Å². The third kappa shape index (κ3) is 4.56. The molecule has 0 unspecified atom stereocenters. The lowest BCUT2D eigenvalue weighted by molar-refractivity contribution is 0.0958. The second-order valence-electron chi connectivity index (χ2n) is 5.88. The van der Waals surface area contributed by atoms with E-state index >= 15 is 0 Å². The molecule has 0 aliphatic carbocycles.